The Hall–Kier alpha value is -4.25. The van der Waals surface area contributed by atoms with Crippen LogP contribution in [-0.4, -0.2) is 68.3 Å². The number of hydrogen-bond acceptors (Lipinski definition) is 9. The molecule has 0 aromatic heterocycles. The molecule has 198 valence electrons. The van der Waals surface area contributed by atoms with Gasteiger partial charge in [0.2, 0.25) is 0 Å². The average molecular weight is 515 g/mol. The van der Waals surface area contributed by atoms with Crippen LogP contribution in [0.25, 0.3) is 0 Å². The number of aliphatic hydroxyl groups excluding tert-OH is 1. The third-order valence-corrected chi connectivity index (χ3v) is 5.78. The molecule has 2 aromatic rings. The number of hydrogen-bond donors (Lipinski definition) is 3. The van der Waals surface area contributed by atoms with Crippen molar-refractivity contribution < 1.29 is 43.3 Å². The number of aliphatic hydroxyl groups is 1. The van der Waals surface area contributed by atoms with Crippen LogP contribution in [0, 0.1) is 11.8 Å². The Kier molecular flexibility index (Phi) is 10.8. The van der Waals surface area contributed by atoms with E-state index in [4.69, 9.17) is 4.74 Å². The molecule has 2 rings (SSSR count). The minimum absolute atomic E-state index is 0.302. The Morgan fingerprint density at radius 1 is 0.730 bits per heavy atom. The topological polar surface area (TPSA) is 157 Å². The first-order valence-electron chi connectivity index (χ1n) is 11.3. The van der Waals surface area contributed by atoms with Crippen molar-refractivity contribution in [1.82, 2.24) is 10.6 Å². The van der Waals surface area contributed by atoms with Gasteiger partial charge in [0.05, 0.1) is 27.4 Å². The number of carbonyl (C=O) groups is 5. The molecule has 11 heteroatoms. The van der Waals surface area contributed by atoms with Crippen LogP contribution in [0.15, 0.2) is 60.7 Å². The summed E-state index contributed by atoms with van der Waals surface area (Å²) in [7, 11) is 3.17. The molecule has 0 saturated carbocycles. The van der Waals surface area contributed by atoms with Gasteiger partial charge in [0.15, 0.2) is 12.0 Å². The van der Waals surface area contributed by atoms with Crippen molar-refractivity contribution >= 4 is 29.7 Å². The van der Waals surface area contributed by atoms with E-state index in [0.29, 0.717) is 11.1 Å². The van der Waals surface area contributed by atoms with Gasteiger partial charge in [-0.2, -0.15) is 0 Å². The molecule has 4 atom stereocenters. The van der Waals surface area contributed by atoms with Crippen molar-refractivity contribution in [3.63, 3.8) is 0 Å². The summed E-state index contributed by atoms with van der Waals surface area (Å²) in [5.41, 5.74) is 0.718. The SMILES string of the molecule is COC(=O)C(C(=O)OC)[C@@H](C)[C@@H](NC(=O)[C@H](O)[C@@H](NC(=O)c1ccccc1)c1ccccc1)C(=O)OC. The van der Waals surface area contributed by atoms with Crippen molar-refractivity contribution in [1.29, 1.82) is 0 Å². The van der Waals surface area contributed by atoms with Gasteiger partial charge in [0.1, 0.15) is 6.04 Å². The molecule has 0 saturated heterocycles. The van der Waals surface area contributed by atoms with Crippen molar-refractivity contribution in [3.8, 4) is 0 Å². The van der Waals surface area contributed by atoms with E-state index >= 15 is 0 Å². The van der Waals surface area contributed by atoms with Crippen LogP contribution in [-0.2, 0) is 33.4 Å². The number of esters is 3. The summed E-state index contributed by atoms with van der Waals surface area (Å²) in [4.78, 5) is 63.0. The molecule has 0 fully saturated rings. The van der Waals surface area contributed by atoms with Crippen molar-refractivity contribution in [2.75, 3.05) is 21.3 Å². The number of rotatable bonds is 11. The van der Waals surface area contributed by atoms with E-state index < -0.39 is 59.7 Å². The van der Waals surface area contributed by atoms with E-state index in [1.807, 2.05) is 0 Å². The summed E-state index contributed by atoms with van der Waals surface area (Å²) in [5, 5.41) is 16.0. The van der Waals surface area contributed by atoms with Gasteiger partial charge in [-0.1, -0.05) is 55.5 Å². The molecular weight excluding hydrogens is 484 g/mol. The summed E-state index contributed by atoms with van der Waals surface area (Å²) in [5.74, 6) is -7.30. The van der Waals surface area contributed by atoms with Crippen molar-refractivity contribution in [2.45, 2.75) is 25.1 Å². The second-order valence-electron chi connectivity index (χ2n) is 8.07. The van der Waals surface area contributed by atoms with Gasteiger partial charge in [-0.15, -0.1) is 0 Å². The van der Waals surface area contributed by atoms with E-state index in [1.165, 1.54) is 6.92 Å². The molecule has 3 N–H and O–H groups in total. The molecule has 0 radical (unpaired) electrons. The molecule has 0 bridgehead atoms. The lowest BCUT2D eigenvalue weighted by atomic mass is 9.87. The van der Waals surface area contributed by atoms with Gasteiger partial charge < -0.3 is 30.0 Å². The van der Waals surface area contributed by atoms with Crippen LogP contribution in [0.1, 0.15) is 28.9 Å². The first-order valence-corrected chi connectivity index (χ1v) is 11.3. The predicted molar refractivity (Wildman–Crippen MR) is 130 cm³/mol. The van der Waals surface area contributed by atoms with Gasteiger partial charge in [-0.05, 0) is 17.7 Å². The standard InChI is InChI=1S/C26H30N2O9/c1-15(18(24(32)35-2)25(33)36-3)19(26(34)37-4)27-23(31)21(29)20(16-11-7-5-8-12-16)28-22(30)17-13-9-6-10-14-17/h5-15,18-21,29H,1-4H3,(H,27,31)(H,28,30)/t15-,19-,20+,21-/m1/s1. The fourth-order valence-corrected chi connectivity index (χ4v) is 3.71. The Balaban J connectivity index is 2.35. The third-order valence-electron chi connectivity index (χ3n) is 5.78. The molecule has 0 heterocycles. The number of methoxy groups -OCH3 is 3. The molecular formula is C26H30N2O9. The lowest BCUT2D eigenvalue weighted by Crippen LogP contribution is -2.55. The Bertz CT molecular complexity index is 1080. The first-order chi connectivity index (χ1) is 17.7. The normalized spacial score (nSPS) is 13.9. The monoisotopic (exact) mass is 514 g/mol. The highest BCUT2D eigenvalue weighted by Crippen LogP contribution is 2.22. The molecule has 0 aliphatic rings. The molecule has 0 unspecified atom stereocenters. The number of nitrogens with one attached hydrogen (secondary N) is 2. The van der Waals surface area contributed by atoms with Gasteiger partial charge in [-0.25, -0.2) is 4.79 Å². The second-order valence-corrected chi connectivity index (χ2v) is 8.07. The fourth-order valence-electron chi connectivity index (χ4n) is 3.71. The molecule has 2 aromatic carbocycles. The zero-order valence-electron chi connectivity index (χ0n) is 20.9. The maximum Gasteiger partial charge on any atom is 0.328 e. The lowest BCUT2D eigenvalue weighted by Gasteiger charge is -2.29. The minimum Gasteiger partial charge on any atom is -0.468 e. The third kappa shape index (κ3) is 7.37. The zero-order chi connectivity index (χ0) is 27.5. The highest BCUT2D eigenvalue weighted by atomic mass is 16.5. The molecule has 11 nitrogen and oxygen atoms in total. The largest absolute Gasteiger partial charge is 0.468 e. The fraction of sp³-hybridized carbons (Fsp3) is 0.346. The Morgan fingerprint density at radius 3 is 1.70 bits per heavy atom. The highest BCUT2D eigenvalue weighted by Gasteiger charge is 2.43. The van der Waals surface area contributed by atoms with E-state index in [9.17, 15) is 29.1 Å². The molecule has 2 amide bonds. The summed E-state index contributed by atoms with van der Waals surface area (Å²) in [6.45, 7) is 1.35. The average Bonchev–Trinajstić information content (AvgIpc) is 2.94. The predicted octanol–water partition coefficient (Wildman–Crippen LogP) is 0.775. The van der Waals surface area contributed by atoms with Gasteiger partial charge in [0, 0.05) is 11.5 Å². The van der Waals surface area contributed by atoms with Crippen LogP contribution in [0.4, 0.5) is 0 Å². The van der Waals surface area contributed by atoms with Crippen LogP contribution in [0.5, 0.6) is 0 Å². The first kappa shape index (κ1) is 29.0. The van der Waals surface area contributed by atoms with Crippen molar-refractivity contribution in [2.24, 2.45) is 11.8 Å². The Morgan fingerprint density at radius 2 is 1.22 bits per heavy atom. The number of ether oxygens (including phenoxy) is 3. The van der Waals surface area contributed by atoms with Gasteiger partial charge in [-0.3, -0.25) is 19.2 Å². The lowest BCUT2D eigenvalue weighted by molar-refractivity contribution is -0.164. The summed E-state index contributed by atoms with van der Waals surface area (Å²) >= 11 is 0. The van der Waals surface area contributed by atoms with Gasteiger partial charge in [0.25, 0.3) is 11.8 Å². The van der Waals surface area contributed by atoms with Crippen LogP contribution < -0.4 is 10.6 Å². The van der Waals surface area contributed by atoms with Crippen LogP contribution in [0.2, 0.25) is 0 Å². The van der Waals surface area contributed by atoms with Crippen LogP contribution in [0.3, 0.4) is 0 Å². The Labute approximate surface area is 214 Å². The number of carbonyl (C=O) groups excluding carboxylic acids is 5. The smallest absolute Gasteiger partial charge is 0.328 e. The van der Waals surface area contributed by atoms with Crippen LogP contribution >= 0.6 is 0 Å². The van der Waals surface area contributed by atoms with E-state index in [1.54, 1.807) is 60.7 Å². The zero-order valence-corrected chi connectivity index (χ0v) is 20.9. The van der Waals surface area contributed by atoms with Crippen molar-refractivity contribution in [3.05, 3.63) is 71.8 Å². The molecule has 37 heavy (non-hydrogen) atoms. The summed E-state index contributed by atoms with van der Waals surface area (Å²) in [6, 6.07) is 13.7. The molecule has 0 aliphatic carbocycles. The number of benzene rings is 2. The quantitative estimate of drug-likeness (QED) is 0.224. The maximum absolute atomic E-state index is 13.2. The second kappa shape index (κ2) is 13.7. The van der Waals surface area contributed by atoms with E-state index in [-0.39, 0.29) is 0 Å². The minimum atomic E-state index is -1.87. The summed E-state index contributed by atoms with van der Waals surface area (Å²) < 4.78 is 14.1. The summed E-state index contributed by atoms with van der Waals surface area (Å²) in [6.07, 6.45) is -1.87. The number of amides is 2. The maximum atomic E-state index is 13.2. The van der Waals surface area contributed by atoms with Gasteiger partial charge >= 0.3 is 17.9 Å². The highest BCUT2D eigenvalue weighted by molar-refractivity contribution is 5.97. The molecule has 0 aliphatic heterocycles. The van der Waals surface area contributed by atoms with E-state index in [2.05, 4.69) is 20.1 Å². The molecule has 0 spiro atoms. The van der Waals surface area contributed by atoms with E-state index in [0.717, 1.165) is 21.3 Å².